The molecule has 0 amide bonds. The molecule has 0 aromatic heterocycles. The average molecular weight is 206 g/mol. The van der Waals surface area contributed by atoms with Crippen molar-refractivity contribution in [3.8, 4) is 12.1 Å². The lowest BCUT2D eigenvalue weighted by Crippen LogP contribution is -2.03. The Labute approximate surface area is 81.9 Å². The van der Waals surface area contributed by atoms with Crippen LogP contribution in [0.4, 0.5) is 0 Å². The summed E-state index contributed by atoms with van der Waals surface area (Å²) in [5, 5.41) is 17.4. The van der Waals surface area contributed by atoms with E-state index in [1.54, 1.807) is 12.1 Å². The Balaban J connectivity index is 3.72. The fourth-order valence-electron chi connectivity index (χ4n) is 1.11. The summed E-state index contributed by atoms with van der Waals surface area (Å²) in [4.78, 5) is -0.190. The van der Waals surface area contributed by atoms with E-state index < -0.39 is 9.84 Å². The van der Waals surface area contributed by atoms with Crippen molar-refractivity contribution in [1.29, 1.82) is 10.5 Å². The highest BCUT2D eigenvalue weighted by molar-refractivity contribution is 7.90. The summed E-state index contributed by atoms with van der Waals surface area (Å²) >= 11 is 0. The highest BCUT2D eigenvalue weighted by atomic mass is 32.2. The summed E-state index contributed by atoms with van der Waals surface area (Å²) in [5.74, 6) is 0. The van der Waals surface area contributed by atoms with E-state index >= 15 is 0 Å². The maximum Gasteiger partial charge on any atom is 0.178 e. The van der Waals surface area contributed by atoms with Gasteiger partial charge in [0.25, 0.3) is 0 Å². The molecular formula is C9H6N2O2S. The molecule has 0 aliphatic heterocycles. The molecule has 0 atom stereocenters. The summed E-state index contributed by atoms with van der Waals surface area (Å²) < 4.78 is 22.6. The quantitative estimate of drug-likeness (QED) is 0.681. The summed E-state index contributed by atoms with van der Waals surface area (Å²) in [5.41, 5.74) is 0.0121. The SMILES string of the molecule is CS(=O)(=O)c1c(C#N)cccc1C#N. The van der Waals surface area contributed by atoms with Gasteiger partial charge in [-0.25, -0.2) is 8.42 Å². The average Bonchev–Trinajstić information content (AvgIpc) is 2.15. The molecule has 0 aliphatic rings. The van der Waals surface area contributed by atoms with Crippen LogP contribution in [0.5, 0.6) is 0 Å². The second-order valence-electron chi connectivity index (χ2n) is 2.68. The van der Waals surface area contributed by atoms with Gasteiger partial charge < -0.3 is 0 Å². The van der Waals surface area contributed by atoms with Crippen LogP contribution in [-0.4, -0.2) is 14.7 Å². The lowest BCUT2D eigenvalue weighted by molar-refractivity contribution is 0.601. The lowest BCUT2D eigenvalue weighted by atomic mass is 10.1. The molecule has 1 aromatic carbocycles. The molecule has 0 aliphatic carbocycles. The second-order valence-corrected chi connectivity index (χ2v) is 4.63. The molecule has 0 spiro atoms. The first-order chi connectivity index (χ1) is 6.50. The van der Waals surface area contributed by atoms with Crippen molar-refractivity contribution >= 4 is 9.84 Å². The van der Waals surface area contributed by atoms with Gasteiger partial charge in [-0.15, -0.1) is 0 Å². The zero-order valence-electron chi connectivity index (χ0n) is 7.35. The summed E-state index contributed by atoms with van der Waals surface area (Å²) in [6.07, 6.45) is 0.976. The van der Waals surface area contributed by atoms with Crippen LogP contribution in [0.3, 0.4) is 0 Å². The Morgan fingerprint density at radius 3 is 1.86 bits per heavy atom. The predicted molar refractivity (Wildman–Crippen MR) is 49.0 cm³/mol. The number of nitriles is 2. The van der Waals surface area contributed by atoms with E-state index in [9.17, 15) is 8.42 Å². The third-order valence-electron chi connectivity index (χ3n) is 1.63. The third kappa shape index (κ3) is 1.73. The number of rotatable bonds is 1. The predicted octanol–water partition coefficient (Wildman–Crippen LogP) is 0.833. The van der Waals surface area contributed by atoms with E-state index in [1.165, 1.54) is 18.2 Å². The Hall–Kier alpha value is -1.85. The van der Waals surface area contributed by atoms with Crippen LogP contribution in [0.1, 0.15) is 11.1 Å². The van der Waals surface area contributed by atoms with E-state index in [-0.39, 0.29) is 16.0 Å². The van der Waals surface area contributed by atoms with E-state index in [2.05, 4.69) is 0 Å². The summed E-state index contributed by atoms with van der Waals surface area (Å²) in [7, 11) is -3.53. The smallest absolute Gasteiger partial charge is 0.178 e. The van der Waals surface area contributed by atoms with Gasteiger partial charge in [0, 0.05) is 6.26 Å². The molecule has 1 rings (SSSR count). The largest absolute Gasteiger partial charge is 0.224 e. The van der Waals surface area contributed by atoms with Gasteiger partial charge in [-0.3, -0.25) is 0 Å². The molecule has 70 valence electrons. The molecule has 0 unspecified atom stereocenters. The Morgan fingerprint density at radius 2 is 1.57 bits per heavy atom. The first kappa shape index (κ1) is 10.2. The highest BCUT2D eigenvalue weighted by Gasteiger charge is 2.17. The Kier molecular flexibility index (Phi) is 2.55. The fraction of sp³-hybridized carbons (Fsp3) is 0.111. The zero-order chi connectivity index (χ0) is 10.8. The Bertz CT molecular complexity index is 515. The van der Waals surface area contributed by atoms with Gasteiger partial charge in [0.05, 0.1) is 11.1 Å². The molecule has 0 bridgehead atoms. The molecule has 5 heteroatoms. The van der Waals surface area contributed by atoms with Crippen LogP contribution in [-0.2, 0) is 9.84 Å². The number of hydrogen-bond acceptors (Lipinski definition) is 4. The highest BCUT2D eigenvalue weighted by Crippen LogP contribution is 2.19. The van der Waals surface area contributed by atoms with Crippen molar-refractivity contribution < 1.29 is 8.42 Å². The Morgan fingerprint density at radius 1 is 1.14 bits per heavy atom. The first-order valence-electron chi connectivity index (χ1n) is 3.64. The van der Waals surface area contributed by atoms with Crippen LogP contribution in [0.25, 0.3) is 0 Å². The van der Waals surface area contributed by atoms with Gasteiger partial charge in [-0.1, -0.05) is 6.07 Å². The molecule has 0 radical (unpaired) electrons. The molecule has 0 N–H and O–H groups in total. The van der Waals surface area contributed by atoms with Gasteiger partial charge >= 0.3 is 0 Å². The van der Waals surface area contributed by atoms with Crippen LogP contribution in [0, 0.1) is 22.7 Å². The minimum absolute atomic E-state index is 0.00606. The van der Waals surface area contributed by atoms with E-state index in [4.69, 9.17) is 10.5 Å². The van der Waals surface area contributed by atoms with Gasteiger partial charge in [-0.05, 0) is 12.1 Å². The number of benzene rings is 1. The molecule has 0 saturated carbocycles. The van der Waals surface area contributed by atoms with Crippen molar-refractivity contribution in [3.05, 3.63) is 29.3 Å². The number of sulfone groups is 1. The molecule has 14 heavy (non-hydrogen) atoms. The molecule has 0 fully saturated rings. The lowest BCUT2D eigenvalue weighted by Gasteiger charge is -2.02. The number of hydrogen-bond donors (Lipinski definition) is 0. The summed E-state index contributed by atoms with van der Waals surface area (Å²) in [6, 6.07) is 7.72. The minimum atomic E-state index is -3.53. The van der Waals surface area contributed by atoms with Gasteiger partial charge in [0.15, 0.2) is 9.84 Å². The van der Waals surface area contributed by atoms with Crippen LogP contribution >= 0.6 is 0 Å². The van der Waals surface area contributed by atoms with Crippen molar-refractivity contribution in [2.45, 2.75) is 4.90 Å². The molecule has 4 nitrogen and oxygen atoms in total. The normalized spacial score (nSPS) is 10.2. The second kappa shape index (κ2) is 3.49. The van der Waals surface area contributed by atoms with Crippen molar-refractivity contribution in [3.63, 3.8) is 0 Å². The maximum absolute atomic E-state index is 11.3. The van der Waals surface area contributed by atoms with Crippen molar-refractivity contribution in [2.75, 3.05) is 6.26 Å². The van der Waals surface area contributed by atoms with E-state index in [1.807, 2.05) is 0 Å². The van der Waals surface area contributed by atoms with Gasteiger partial charge in [-0.2, -0.15) is 10.5 Å². The fourth-order valence-corrected chi connectivity index (χ4v) is 2.14. The van der Waals surface area contributed by atoms with Crippen LogP contribution in [0.2, 0.25) is 0 Å². The van der Waals surface area contributed by atoms with Gasteiger partial charge in [0.1, 0.15) is 17.0 Å². The maximum atomic E-state index is 11.3. The van der Waals surface area contributed by atoms with Crippen LogP contribution in [0.15, 0.2) is 23.1 Å². The standard InChI is InChI=1S/C9H6N2O2S/c1-14(12,13)9-7(5-10)3-2-4-8(9)6-11/h2-4H,1H3. The zero-order valence-corrected chi connectivity index (χ0v) is 8.17. The van der Waals surface area contributed by atoms with Gasteiger partial charge in [0.2, 0.25) is 0 Å². The molecule has 1 aromatic rings. The van der Waals surface area contributed by atoms with Crippen molar-refractivity contribution in [2.24, 2.45) is 0 Å². The minimum Gasteiger partial charge on any atom is -0.224 e. The molecule has 0 saturated heterocycles. The summed E-state index contributed by atoms with van der Waals surface area (Å²) in [6.45, 7) is 0. The topological polar surface area (TPSA) is 81.7 Å². The van der Waals surface area contributed by atoms with E-state index in [0.29, 0.717) is 0 Å². The van der Waals surface area contributed by atoms with Crippen LogP contribution < -0.4 is 0 Å². The van der Waals surface area contributed by atoms with E-state index in [0.717, 1.165) is 6.26 Å². The third-order valence-corrected chi connectivity index (χ3v) is 2.81. The number of nitrogens with zero attached hydrogens (tertiary/aromatic N) is 2. The van der Waals surface area contributed by atoms with Crippen molar-refractivity contribution in [1.82, 2.24) is 0 Å². The molecule has 0 heterocycles. The monoisotopic (exact) mass is 206 g/mol. The molecular weight excluding hydrogens is 200 g/mol. The first-order valence-corrected chi connectivity index (χ1v) is 5.53.